The fourth-order valence-corrected chi connectivity index (χ4v) is 2.89. The second-order valence-electron chi connectivity index (χ2n) is 5.69. The molecule has 0 amide bonds. The Kier molecular flexibility index (Phi) is 7.51. The first kappa shape index (κ1) is 22.6. The summed E-state index contributed by atoms with van der Waals surface area (Å²) in [6, 6.07) is 5.57. The predicted molar refractivity (Wildman–Crippen MR) is 100.0 cm³/mol. The molecule has 29 heavy (non-hydrogen) atoms. The number of nitrogens with one attached hydrogen (secondary N) is 1. The van der Waals surface area contributed by atoms with E-state index in [1.807, 2.05) is 6.92 Å². The summed E-state index contributed by atoms with van der Waals surface area (Å²) in [5, 5.41) is 10.8. The standard InChI is InChI=1S/C17H21F2N3O6S/c1-4-8-28-11-7-5-6-10(14(11)22-29(24,25)17(18)19)15(23)16-20-12(26-2)9-13(21-16)27-3/h5-7,9,15,17,22-23H,4,8H2,1-3H3. The van der Waals surface area contributed by atoms with Gasteiger partial charge in [0.1, 0.15) is 11.9 Å². The van der Waals surface area contributed by atoms with Crippen LogP contribution in [0.1, 0.15) is 30.8 Å². The number of alkyl halides is 2. The van der Waals surface area contributed by atoms with Crippen molar-refractivity contribution >= 4 is 15.7 Å². The van der Waals surface area contributed by atoms with Gasteiger partial charge in [-0.1, -0.05) is 19.1 Å². The fourth-order valence-electron chi connectivity index (χ4n) is 2.30. The predicted octanol–water partition coefficient (Wildman–Crippen LogP) is 2.33. The molecule has 9 nitrogen and oxygen atoms in total. The van der Waals surface area contributed by atoms with Crippen LogP contribution in [0.4, 0.5) is 14.5 Å². The van der Waals surface area contributed by atoms with Gasteiger partial charge in [0, 0.05) is 5.56 Å². The number of rotatable bonds is 10. The molecule has 0 aliphatic carbocycles. The van der Waals surface area contributed by atoms with Crippen molar-refractivity contribution in [1.29, 1.82) is 0 Å². The molecule has 0 fully saturated rings. The first-order valence-corrected chi connectivity index (χ1v) is 9.98. The third kappa shape index (κ3) is 5.41. The number of hydrogen-bond acceptors (Lipinski definition) is 8. The zero-order valence-corrected chi connectivity index (χ0v) is 16.7. The van der Waals surface area contributed by atoms with E-state index in [1.165, 1.54) is 38.5 Å². The molecule has 2 rings (SSSR count). The third-order valence-electron chi connectivity index (χ3n) is 3.65. The second-order valence-corrected chi connectivity index (χ2v) is 7.34. The van der Waals surface area contributed by atoms with Crippen LogP contribution in [0.25, 0.3) is 0 Å². The Balaban J connectivity index is 2.59. The number of nitrogens with zero attached hydrogens (tertiary/aromatic N) is 2. The van der Waals surface area contributed by atoms with Gasteiger partial charge in [0.05, 0.1) is 32.6 Å². The molecule has 2 aromatic rings. The molecule has 12 heteroatoms. The van der Waals surface area contributed by atoms with Crippen molar-refractivity contribution in [1.82, 2.24) is 9.97 Å². The van der Waals surface area contributed by atoms with E-state index in [9.17, 15) is 22.3 Å². The number of methoxy groups -OCH3 is 2. The molecular weight excluding hydrogens is 412 g/mol. The smallest absolute Gasteiger partial charge is 0.355 e. The zero-order valence-electron chi connectivity index (χ0n) is 15.9. The minimum atomic E-state index is -5.03. The fraction of sp³-hybridized carbons (Fsp3) is 0.412. The number of halogens is 2. The Morgan fingerprint density at radius 3 is 2.31 bits per heavy atom. The lowest BCUT2D eigenvalue weighted by Crippen LogP contribution is -2.23. The number of anilines is 1. The summed E-state index contributed by atoms with van der Waals surface area (Å²) in [6.45, 7) is 2.02. The number of para-hydroxylation sites is 1. The van der Waals surface area contributed by atoms with E-state index in [0.717, 1.165) is 0 Å². The van der Waals surface area contributed by atoms with E-state index in [4.69, 9.17) is 14.2 Å². The number of aliphatic hydroxyl groups is 1. The molecule has 160 valence electrons. The van der Waals surface area contributed by atoms with Gasteiger partial charge in [-0.15, -0.1) is 0 Å². The lowest BCUT2D eigenvalue weighted by molar-refractivity contribution is 0.206. The summed E-state index contributed by atoms with van der Waals surface area (Å²) in [4.78, 5) is 8.02. The Hall–Kier alpha value is -2.73. The molecule has 0 saturated carbocycles. The van der Waals surface area contributed by atoms with Gasteiger partial charge in [-0.25, -0.2) is 8.42 Å². The number of benzene rings is 1. The van der Waals surface area contributed by atoms with Crippen LogP contribution in [0.15, 0.2) is 24.3 Å². The first-order chi connectivity index (χ1) is 13.7. The van der Waals surface area contributed by atoms with Crippen molar-refractivity contribution in [2.24, 2.45) is 0 Å². The second kappa shape index (κ2) is 9.65. The third-order valence-corrected chi connectivity index (χ3v) is 4.61. The SMILES string of the molecule is CCCOc1cccc(C(O)c2nc(OC)cc(OC)n2)c1NS(=O)(=O)C(F)F. The van der Waals surface area contributed by atoms with Gasteiger partial charge in [0.15, 0.2) is 5.82 Å². The van der Waals surface area contributed by atoms with Crippen molar-refractivity contribution in [3.63, 3.8) is 0 Å². The van der Waals surface area contributed by atoms with E-state index in [-0.39, 0.29) is 41.2 Å². The molecule has 1 unspecified atom stereocenters. The van der Waals surface area contributed by atoms with Gasteiger partial charge in [-0.2, -0.15) is 18.7 Å². The molecule has 0 aliphatic heterocycles. The largest absolute Gasteiger partial charge is 0.491 e. The summed E-state index contributed by atoms with van der Waals surface area (Å²) < 4.78 is 66.7. The summed E-state index contributed by atoms with van der Waals surface area (Å²) >= 11 is 0. The number of ether oxygens (including phenoxy) is 3. The summed E-state index contributed by atoms with van der Waals surface area (Å²) in [5.41, 5.74) is -0.419. The van der Waals surface area contributed by atoms with Crippen molar-refractivity contribution < 1.29 is 36.5 Å². The van der Waals surface area contributed by atoms with Crippen molar-refractivity contribution in [2.45, 2.75) is 25.2 Å². The Morgan fingerprint density at radius 1 is 1.17 bits per heavy atom. The molecule has 0 saturated heterocycles. The highest BCUT2D eigenvalue weighted by Gasteiger charge is 2.29. The van der Waals surface area contributed by atoms with Crippen LogP contribution in [0.3, 0.4) is 0 Å². The van der Waals surface area contributed by atoms with Crippen LogP contribution in [-0.2, 0) is 10.0 Å². The summed E-state index contributed by atoms with van der Waals surface area (Å²) in [6.07, 6.45) is -1.01. The maximum absolute atomic E-state index is 12.9. The van der Waals surface area contributed by atoms with Crippen LogP contribution in [0.5, 0.6) is 17.5 Å². The normalized spacial score (nSPS) is 12.5. The van der Waals surface area contributed by atoms with Gasteiger partial charge in [-0.05, 0) is 12.5 Å². The van der Waals surface area contributed by atoms with E-state index < -0.39 is 21.9 Å². The first-order valence-electron chi connectivity index (χ1n) is 8.44. The Bertz CT molecular complexity index is 921. The highest BCUT2D eigenvalue weighted by atomic mass is 32.2. The maximum atomic E-state index is 12.9. The maximum Gasteiger partial charge on any atom is 0.355 e. The highest BCUT2D eigenvalue weighted by molar-refractivity contribution is 7.93. The van der Waals surface area contributed by atoms with Crippen LogP contribution in [-0.4, -0.2) is 50.1 Å². The monoisotopic (exact) mass is 433 g/mol. The Labute approximate surface area is 166 Å². The quantitative estimate of drug-likeness (QED) is 0.586. The van der Waals surface area contributed by atoms with Gasteiger partial charge >= 0.3 is 5.76 Å². The van der Waals surface area contributed by atoms with Crippen LogP contribution >= 0.6 is 0 Å². The Morgan fingerprint density at radius 2 is 1.79 bits per heavy atom. The minimum Gasteiger partial charge on any atom is -0.491 e. The van der Waals surface area contributed by atoms with E-state index in [0.29, 0.717) is 6.42 Å². The van der Waals surface area contributed by atoms with Gasteiger partial charge < -0.3 is 19.3 Å². The average Bonchev–Trinajstić information content (AvgIpc) is 2.71. The van der Waals surface area contributed by atoms with Crippen LogP contribution in [0, 0.1) is 0 Å². The van der Waals surface area contributed by atoms with Crippen molar-refractivity contribution in [3.05, 3.63) is 35.7 Å². The molecule has 0 bridgehead atoms. The molecule has 2 N–H and O–H groups in total. The van der Waals surface area contributed by atoms with E-state index in [2.05, 4.69) is 9.97 Å². The molecule has 0 aliphatic rings. The van der Waals surface area contributed by atoms with E-state index >= 15 is 0 Å². The molecule has 0 radical (unpaired) electrons. The van der Waals surface area contributed by atoms with Crippen LogP contribution < -0.4 is 18.9 Å². The summed E-state index contributed by atoms with van der Waals surface area (Å²) in [7, 11) is -2.33. The molecule has 1 aromatic carbocycles. The van der Waals surface area contributed by atoms with Crippen molar-refractivity contribution in [2.75, 3.05) is 25.5 Å². The average molecular weight is 433 g/mol. The highest BCUT2D eigenvalue weighted by Crippen LogP contribution is 2.36. The summed E-state index contributed by atoms with van der Waals surface area (Å²) in [5.74, 6) is -3.73. The minimum absolute atomic E-state index is 0.0255. The number of sulfonamides is 1. The lowest BCUT2D eigenvalue weighted by atomic mass is 10.1. The number of aliphatic hydroxyl groups excluding tert-OH is 1. The topological polar surface area (TPSA) is 120 Å². The van der Waals surface area contributed by atoms with Crippen molar-refractivity contribution in [3.8, 4) is 17.5 Å². The van der Waals surface area contributed by atoms with Gasteiger partial charge in [0.25, 0.3) is 10.0 Å². The van der Waals surface area contributed by atoms with E-state index in [1.54, 1.807) is 4.72 Å². The molecule has 0 spiro atoms. The molecule has 1 atom stereocenters. The van der Waals surface area contributed by atoms with Crippen LogP contribution in [0.2, 0.25) is 0 Å². The number of aromatic nitrogens is 2. The molecular formula is C17H21F2N3O6S. The van der Waals surface area contributed by atoms with Gasteiger partial charge in [0.2, 0.25) is 11.8 Å². The zero-order chi connectivity index (χ0) is 21.6. The molecule has 1 heterocycles. The number of hydrogen-bond donors (Lipinski definition) is 2. The van der Waals surface area contributed by atoms with Gasteiger partial charge in [-0.3, -0.25) is 4.72 Å². The molecule has 1 aromatic heterocycles. The lowest BCUT2D eigenvalue weighted by Gasteiger charge is -2.20.